The fourth-order valence-electron chi connectivity index (χ4n) is 0.888. The van der Waals surface area contributed by atoms with Crippen LogP contribution < -0.4 is 0 Å². The smallest absolute Gasteiger partial charge is 0.335 e. The Morgan fingerprint density at radius 3 is 2.42 bits per heavy atom. The first kappa shape index (κ1) is 11.5. The van der Waals surface area contributed by atoms with Crippen molar-refractivity contribution in [2.75, 3.05) is 0 Å². The molecule has 0 saturated carbocycles. The van der Waals surface area contributed by atoms with E-state index in [1.807, 2.05) is 0 Å². The maximum absolute atomic E-state index is 10.5. The van der Waals surface area contributed by atoms with Gasteiger partial charge in [-0.2, -0.15) is 0 Å². The molecule has 3 nitrogen and oxygen atoms in total. The minimum absolute atomic E-state index is 0. The molecule has 0 amide bonds. The molecule has 0 heterocycles. The Bertz CT molecular complexity index is 296. The second kappa shape index (κ2) is 4.50. The first-order valence-corrected chi connectivity index (χ1v) is 3.14. The van der Waals surface area contributed by atoms with E-state index in [9.17, 15) is 4.79 Å². The van der Waals surface area contributed by atoms with Crippen molar-refractivity contribution in [3.05, 3.63) is 29.3 Å². The van der Waals surface area contributed by atoms with Gasteiger partial charge in [0.2, 0.25) is 0 Å². The van der Waals surface area contributed by atoms with Gasteiger partial charge >= 0.3 is 5.97 Å². The van der Waals surface area contributed by atoms with Gasteiger partial charge in [-0.1, -0.05) is 0 Å². The van der Waals surface area contributed by atoms with E-state index in [1.165, 1.54) is 18.2 Å². The quantitative estimate of drug-likeness (QED) is 0.626. The van der Waals surface area contributed by atoms with Crippen molar-refractivity contribution < 1.29 is 15.0 Å². The number of carboxylic acids is 1. The van der Waals surface area contributed by atoms with Crippen LogP contribution in [0.15, 0.2) is 18.2 Å². The molecular formula is C8H8NaO3. The van der Waals surface area contributed by atoms with E-state index < -0.39 is 5.97 Å². The summed E-state index contributed by atoms with van der Waals surface area (Å²) in [5.74, 6) is -0.880. The molecule has 2 N–H and O–H groups in total. The molecule has 0 saturated heterocycles. The number of benzene rings is 1. The molecule has 4 heteroatoms. The zero-order valence-electron chi connectivity index (χ0n) is 7.03. The van der Waals surface area contributed by atoms with E-state index in [1.54, 1.807) is 6.92 Å². The van der Waals surface area contributed by atoms with Crippen molar-refractivity contribution in [1.29, 1.82) is 0 Å². The van der Waals surface area contributed by atoms with Crippen LogP contribution in [0.5, 0.6) is 5.75 Å². The molecule has 0 fully saturated rings. The number of aromatic carboxylic acids is 1. The summed E-state index contributed by atoms with van der Waals surface area (Å²) in [7, 11) is 0. The van der Waals surface area contributed by atoms with Gasteiger partial charge < -0.3 is 10.2 Å². The van der Waals surface area contributed by atoms with Crippen LogP contribution in [-0.4, -0.2) is 45.7 Å². The van der Waals surface area contributed by atoms with E-state index in [4.69, 9.17) is 10.2 Å². The molecule has 1 aromatic carbocycles. The summed E-state index contributed by atoms with van der Waals surface area (Å²) in [6.45, 7) is 1.64. The number of carbonyl (C=O) groups is 1. The maximum Gasteiger partial charge on any atom is 0.335 e. The van der Waals surface area contributed by atoms with Crippen LogP contribution in [-0.2, 0) is 0 Å². The molecule has 1 rings (SSSR count). The third kappa shape index (κ3) is 2.52. The Balaban J connectivity index is 0.00000121. The third-order valence-corrected chi connectivity index (χ3v) is 1.44. The molecule has 0 aromatic heterocycles. The molecule has 1 radical (unpaired) electrons. The number of hydrogen-bond donors (Lipinski definition) is 2. The zero-order valence-corrected chi connectivity index (χ0v) is 9.03. The first-order valence-electron chi connectivity index (χ1n) is 3.14. The Labute approximate surface area is 92.3 Å². The van der Waals surface area contributed by atoms with Gasteiger partial charge in [-0.25, -0.2) is 4.79 Å². The maximum atomic E-state index is 10.5. The van der Waals surface area contributed by atoms with E-state index in [2.05, 4.69) is 0 Å². The number of carboxylic acid groups (broad SMARTS) is 1. The predicted octanol–water partition coefficient (Wildman–Crippen LogP) is 1.02. The number of hydrogen-bond acceptors (Lipinski definition) is 2. The van der Waals surface area contributed by atoms with Crippen LogP contribution in [0.3, 0.4) is 0 Å². The molecular weight excluding hydrogens is 167 g/mol. The van der Waals surface area contributed by atoms with Gasteiger partial charge in [0.1, 0.15) is 5.75 Å². The van der Waals surface area contributed by atoms with Crippen LogP contribution in [0.2, 0.25) is 0 Å². The minimum Gasteiger partial charge on any atom is -0.508 e. The minimum atomic E-state index is -0.970. The predicted molar refractivity (Wildman–Crippen MR) is 45.6 cm³/mol. The molecule has 0 spiro atoms. The molecule has 0 aliphatic heterocycles. The first-order chi connectivity index (χ1) is 5.11. The number of aryl methyl sites for hydroxylation is 1. The topological polar surface area (TPSA) is 57.5 Å². The average Bonchev–Trinajstić information content (AvgIpc) is 1.85. The van der Waals surface area contributed by atoms with Crippen LogP contribution in [0.25, 0.3) is 0 Å². The number of phenolic OH excluding ortho intramolecular Hbond substituents is 1. The standard InChI is InChI=1S/C8H8O3.Na/c1-5-4-6(9)2-3-7(5)8(10)11;/h2-4,9H,1H3,(H,10,11);. The summed E-state index contributed by atoms with van der Waals surface area (Å²) in [5, 5.41) is 17.5. The van der Waals surface area contributed by atoms with E-state index in [0.29, 0.717) is 5.56 Å². The Kier molecular flexibility index (Phi) is 4.31. The molecule has 1 aromatic rings. The van der Waals surface area contributed by atoms with Gasteiger partial charge in [-0.05, 0) is 30.7 Å². The van der Waals surface area contributed by atoms with E-state index in [0.717, 1.165) is 0 Å². The fraction of sp³-hybridized carbons (Fsp3) is 0.125. The van der Waals surface area contributed by atoms with Crippen LogP contribution >= 0.6 is 0 Å². The molecule has 0 bridgehead atoms. The van der Waals surface area contributed by atoms with E-state index in [-0.39, 0.29) is 40.9 Å². The van der Waals surface area contributed by atoms with Gasteiger partial charge in [-0.3, -0.25) is 0 Å². The Hall–Kier alpha value is -0.510. The van der Waals surface area contributed by atoms with Crippen molar-refractivity contribution in [2.24, 2.45) is 0 Å². The summed E-state index contributed by atoms with van der Waals surface area (Å²) >= 11 is 0. The molecule has 12 heavy (non-hydrogen) atoms. The molecule has 59 valence electrons. The summed E-state index contributed by atoms with van der Waals surface area (Å²) in [4.78, 5) is 10.5. The van der Waals surface area contributed by atoms with Gasteiger partial charge in [0.15, 0.2) is 0 Å². The van der Waals surface area contributed by atoms with Crippen LogP contribution in [0.4, 0.5) is 0 Å². The molecule has 0 unspecified atom stereocenters. The van der Waals surface area contributed by atoms with Gasteiger partial charge in [0.05, 0.1) is 5.56 Å². The summed E-state index contributed by atoms with van der Waals surface area (Å²) < 4.78 is 0. The van der Waals surface area contributed by atoms with Gasteiger partial charge in [0.25, 0.3) is 0 Å². The van der Waals surface area contributed by atoms with Crippen molar-refractivity contribution in [3.63, 3.8) is 0 Å². The van der Waals surface area contributed by atoms with Crippen LogP contribution in [0, 0.1) is 6.92 Å². The largest absolute Gasteiger partial charge is 0.508 e. The van der Waals surface area contributed by atoms with Crippen LogP contribution in [0.1, 0.15) is 15.9 Å². The monoisotopic (exact) mass is 175 g/mol. The summed E-state index contributed by atoms with van der Waals surface area (Å²) in [5.41, 5.74) is 0.792. The van der Waals surface area contributed by atoms with Crippen molar-refractivity contribution in [2.45, 2.75) is 6.92 Å². The number of aromatic hydroxyl groups is 1. The van der Waals surface area contributed by atoms with Gasteiger partial charge in [-0.15, -0.1) is 0 Å². The Morgan fingerprint density at radius 2 is 2.00 bits per heavy atom. The van der Waals surface area contributed by atoms with Crippen molar-refractivity contribution in [3.8, 4) is 5.75 Å². The van der Waals surface area contributed by atoms with Gasteiger partial charge in [0, 0.05) is 29.6 Å². The summed E-state index contributed by atoms with van der Waals surface area (Å²) in [6, 6.07) is 4.16. The van der Waals surface area contributed by atoms with E-state index >= 15 is 0 Å². The second-order valence-electron chi connectivity index (χ2n) is 2.30. The van der Waals surface area contributed by atoms with Crippen molar-refractivity contribution in [1.82, 2.24) is 0 Å². The second-order valence-corrected chi connectivity index (χ2v) is 2.30. The number of phenols is 1. The van der Waals surface area contributed by atoms with Crippen molar-refractivity contribution >= 4 is 35.5 Å². The molecule has 0 aliphatic rings. The SMILES string of the molecule is Cc1cc(O)ccc1C(=O)O.[Na]. The Morgan fingerprint density at radius 1 is 1.42 bits per heavy atom. The molecule has 0 aliphatic carbocycles. The molecule has 0 atom stereocenters. The number of rotatable bonds is 1. The average molecular weight is 175 g/mol. The summed E-state index contributed by atoms with van der Waals surface area (Å²) in [6.07, 6.45) is 0. The zero-order chi connectivity index (χ0) is 8.43. The third-order valence-electron chi connectivity index (χ3n) is 1.44. The normalized spacial score (nSPS) is 8.75. The fourth-order valence-corrected chi connectivity index (χ4v) is 0.888.